The lowest BCUT2D eigenvalue weighted by Crippen LogP contribution is -2.42. The van der Waals surface area contributed by atoms with E-state index in [1.807, 2.05) is 0 Å². The molecule has 1 aromatic rings. The summed E-state index contributed by atoms with van der Waals surface area (Å²) < 4.78 is 15.8. The maximum atomic E-state index is 11.5. The van der Waals surface area contributed by atoms with Crippen LogP contribution in [0.4, 0.5) is 0 Å². The number of hydrogen-bond acceptors (Lipinski definition) is 7. The van der Waals surface area contributed by atoms with Crippen LogP contribution in [0, 0.1) is 0 Å². The van der Waals surface area contributed by atoms with Crippen molar-refractivity contribution in [2.75, 3.05) is 0 Å². The Bertz CT molecular complexity index is 756. The van der Waals surface area contributed by atoms with E-state index in [1.54, 1.807) is 6.07 Å². The van der Waals surface area contributed by atoms with Gasteiger partial charge in [0, 0.05) is 38.8 Å². The monoisotopic (exact) mass is 363 g/mol. The topological polar surface area (TPSA) is 108 Å². The molecule has 0 bridgehead atoms. The number of hydrogen-bond donors (Lipinski definition) is 1. The number of rotatable bonds is 4. The standard InChI is InChI=1S/C18H21NO7/c1-9(20)19-15-7-5-14-13(17(15)25-11(3)22)6-8-16(24-10(2)21)18(14)26-12(4)23/h6,8,15,17H,5,7H2,1-4H3,(H,19,20). The summed E-state index contributed by atoms with van der Waals surface area (Å²) in [5.74, 6) is -1.63. The number of amides is 1. The summed E-state index contributed by atoms with van der Waals surface area (Å²) in [4.78, 5) is 45.8. The molecule has 0 saturated heterocycles. The molecule has 2 unspecified atom stereocenters. The van der Waals surface area contributed by atoms with Crippen molar-refractivity contribution in [1.82, 2.24) is 5.32 Å². The zero-order chi connectivity index (χ0) is 19.4. The minimum absolute atomic E-state index is 0.117. The number of fused-ring (bicyclic) bond motifs is 1. The van der Waals surface area contributed by atoms with Gasteiger partial charge in [0.2, 0.25) is 5.91 Å². The van der Waals surface area contributed by atoms with E-state index in [1.165, 1.54) is 33.8 Å². The molecule has 1 aliphatic rings. The fourth-order valence-electron chi connectivity index (χ4n) is 3.04. The molecule has 0 saturated carbocycles. The van der Waals surface area contributed by atoms with Crippen LogP contribution < -0.4 is 14.8 Å². The Hall–Kier alpha value is -2.90. The van der Waals surface area contributed by atoms with E-state index >= 15 is 0 Å². The first-order valence-corrected chi connectivity index (χ1v) is 8.16. The average Bonchev–Trinajstić information content (AvgIpc) is 2.50. The van der Waals surface area contributed by atoms with Crippen molar-refractivity contribution in [3.63, 3.8) is 0 Å². The van der Waals surface area contributed by atoms with Crippen LogP contribution in [0.1, 0.15) is 51.3 Å². The molecule has 1 N–H and O–H groups in total. The van der Waals surface area contributed by atoms with Crippen molar-refractivity contribution in [3.8, 4) is 11.5 Å². The first-order chi connectivity index (χ1) is 12.2. The summed E-state index contributed by atoms with van der Waals surface area (Å²) in [5.41, 5.74) is 1.20. The van der Waals surface area contributed by atoms with Gasteiger partial charge in [0.15, 0.2) is 11.5 Å². The van der Waals surface area contributed by atoms with Crippen LogP contribution in [0.15, 0.2) is 12.1 Å². The van der Waals surface area contributed by atoms with E-state index in [-0.39, 0.29) is 17.4 Å². The Balaban J connectivity index is 2.54. The first-order valence-electron chi connectivity index (χ1n) is 8.16. The van der Waals surface area contributed by atoms with Gasteiger partial charge in [0.1, 0.15) is 6.10 Å². The zero-order valence-electron chi connectivity index (χ0n) is 15.1. The third kappa shape index (κ3) is 4.59. The SMILES string of the molecule is CC(=O)NC1CCc2c(ccc(OC(C)=O)c2OC(C)=O)C1OC(C)=O. The van der Waals surface area contributed by atoms with Gasteiger partial charge >= 0.3 is 17.9 Å². The predicted molar refractivity (Wildman–Crippen MR) is 89.5 cm³/mol. The van der Waals surface area contributed by atoms with Crippen LogP contribution in [0.25, 0.3) is 0 Å². The molecular formula is C18H21NO7. The van der Waals surface area contributed by atoms with Crippen LogP contribution in [0.5, 0.6) is 11.5 Å². The van der Waals surface area contributed by atoms with Crippen molar-refractivity contribution >= 4 is 23.8 Å². The minimum Gasteiger partial charge on any atom is -0.455 e. The summed E-state index contributed by atoms with van der Waals surface area (Å²) in [6, 6.07) is 2.71. The highest BCUT2D eigenvalue weighted by Gasteiger charge is 2.35. The number of nitrogens with one attached hydrogen (secondary N) is 1. The highest BCUT2D eigenvalue weighted by molar-refractivity contribution is 5.76. The van der Waals surface area contributed by atoms with Crippen molar-refractivity contribution in [1.29, 1.82) is 0 Å². The molecule has 1 amide bonds. The second-order valence-electron chi connectivity index (χ2n) is 6.02. The quantitative estimate of drug-likeness (QED) is 0.639. The number of carbonyl (C=O) groups excluding carboxylic acids is 4. The molecule has 1 aliphatic carbocycles. The van der Waals surface area contributed by atoms with Gasteiger partial charge in [0.05, 0.1) is 6.04 Å². The maximum absolute atomic E-state index is 11.5. The Morgan fingerprint density at radius 1 is 0.962 bits per heavy atom. The molecular weight excluding hydrogens is 342 g/mol. The highest BCUT2D eigenvalue weighted by atomic mass is 16.6. The molecule has 0 fully saturated rings. The molecule has 140 valence electrons. The number of benzene rings is 1. The van der Waals surface area contributed by atoms with E-state index in [2.05, 4.69) is 5.32 Å². The number of esters is 3. The van der Waals surface area contributed by atoms with E-state index in [9.17, 15) is 19.2 Å². The van der Waals surface area contributed by atoms with Crippen LogP contribution in [0.2, 0.25) is 0 Å². The number of ether oxygens (including phenoxy) is 3. The third-order valence-corrected chi connectivity index (χ3v) is 3.82. The normalized spacial score (nSPS) is 18.3. The van der Waals surface area contributed by atoms with Crippen LogP contribution in [-0.2, 0) is 30.3 Å². The summed E-state index contributed by atoms with van der Waals surface area (Å²) in [7, 11) is 0. The van der Waals surface area contributed by atoms with Gasteiger partial charge in [-0.05, 0) is 18.9 Å². The Labute approximate surface area is 150 Å². The van der Waals surface area contributed by atoms with Gasteiger partial charge in [0.25, 0.3) is 0 Å². The minimum atomic E-state index is -0.735. The largest absolute Gasteiger partial charge is 0.455 e. The molecule has 8 nitrogen and oxygen atoms in total. The van der Waals surface area contributed by atoms with Crippen LogP contribution in [-0.4, -0.2) is 29.9 Å². The summed E-state index contributed by atoms with van der Waals surface area (Å²) >= 11 is 0. The van der Waals surface area contributed by atoms with Gasteiger partial charge in [-0.1, -0.05) is 6.07 Å². The fraction of sp³-hybridized carbons (Fsp3) is 0.444. The van der Waals surface area contributed by atoms with E-state index in [4.69, 9.17) is 14.2 Å². The lowest BCUT2D eigenvalue weighted by molar-refractivity contribution is -0.149. The number of carbonyl (C=O) groups is 4. The zero-order valence-corrected chi connectivity index (χ0v) is 15.1. The van der Waals surface area contributed by atoms with E-state index in [0.29, 0.717) is 24.0 Å². The molecule has 2 rings (SSSR count). The molecule has 0 aliphatic heterocycles. The molecule has 8 heteroatoms. The fourth-order valence-corrected chi connectivity index (χ4v) is 3.04. The Morgan fingerprint density at radius 2 is 1.62 bits per heavy atom. The summed E-state index contributed by atoms with van der Waals surface area (Å²) in [6.07, 6.45) is 0.166. The van der Waals surface area contributed by atoms with Gasteiger partial charge < -0.3 is 19.5 Å². The molecule has 0 radical (unpaired) electrons. The van der Waals surface area contributed by atoms with Crippen molar-refractivity contribution in [2.24, 2.45) is 0 Å². The second-order valence-corrected chi connectivity index (χ2v) is 6.02. The first kappa shape index (κ1) is 19.4. The van der Waals surface area contributed by atoms with E-state index < -0.39 is 30.1 Å². The van der Waals surface area contributed by atoms with Crippen LogP contribution in [0.3, 0.4) is 0 Å². The lowest BCUT2D eigenvalue weighted by Gasteiger charge is -2.34. The molecule has 0 heterocycles. The Kier molecular flexibility index (Phi) is 5.97. The highest BCUT2D eigenvalue weighted by Crippen LogP contribution is 2.42. The second kappa shape index (κ2) is 7.99. The van der Waals surface area contributed by atoms with E-state index in [0.717, 1.165) is 0 Å². The summed E-state index contributed by atoms with van der Waals surface area (Å²) in [6.45, 7) is 5.14. The van der Waals surface area contributed by atoms with Crippen molar-refractivity contribution in [3.05, 3.63) is 23.3 Å². The Morgan fingerprint density at radius 3 is 2.15 bits per heavy atom. The molecule has 0 spiro atoms. The molecule has 2 atom stereocenters. The molecule has 1 aromatic carbocycles. The van der Waals surface area contributed by atoms with Gasteiger partial charge in [-0.2, -0.15) is 0 Å². The van der Waals surface area contributed by atoms with Gasteiger partial charge in [-0.25, -0.2) is 0 Å². The lowest BCUT2D eigenvalue weighted by atomic mass is 9.84. The third-order valence-electron chi connectivity index (χ3n) is 3.82. The molecule has 26 heavy (non-hydrogen) atoms. The maximum Gasteiger partial charge on any atom is 0.308 e. The van der Waals surface area contributed by atoms with Gasteiger partial charge in [-0.15, -0.1) is 0 Å². The van der Waals surface area contributed by atoms with Gasteiger partial charge in [-0.3, -0.25) is 19.2 Å². The van der Waals surface area contributed by atoms with Crippen molar-refractivity contribution < 1.29 is 33.4 Å². The van der Waals surface area contributed by atoms with Crippen LogP contribution >= 0.6 is 0 Å². The van der Waals surface area contributed by atoms with Crippen molar-refractivity contribution in [2.45, 2.75) is 52.7 Å². The predicted octanol–water partition coefficient (Wildman–Crippen LogP) is 1.59. The average molecular weight is 363 g/mol. The molecule has 0 aromatic heterocycles. The smallest absolute Gasteiger partial charge is 0.308 e. The summed E-state index contributed by atoms with van der Waals surface area (Å²) in [5, 5.41) is 2.78.